The van der Waals surface area contributed by atoms with Crippen molar-refractivity contribution in [3.63, 3.8) is 0 Å². The lowest BCUT2D eigenvalue weighted by atomic mass is 9.71. The van der Waals surface area contributed by atoms with E-state index in [2.05, 4.69) is 15.4 Å². The number of hydrazone groups is 1. The first-order chi connectivity index (χ1) is 24.8. The number of aliphatic hydroxyl groups excluding tert-OH is 1. The van der Waals surface area contributed by atoms with E-state index in [9.17, 15) is 34.8 Å². The van der Waals surface area contributed by atoms with Gasteiger partial charge in [0.1, 0.15) is 29.0 Å². The topological polar surface area (TPSA) is 215 Å². The number of morpholine rings is 1. The lowest BCUT2D eigenvalue weighted by molar-refractivity contribution is -0.255. The van der Waals surface area contributed by atoms with Crippen molar-refractivity contribution in [1.29, 1.82) is 0 Å². The van der Waals surface area contributed by atoms with Crippen LogP contribution in [-0.2, 0) is 34.9 Å². The molecule has 5 aliphatic rings. The van der Waals surface area contributed by atoms with Crippen LogP contribution in [-0.4, -0.2) is 125 Å². The van der Waals surface area contributed by atoms with E-state index in [4.69, 9.17) is 28.4 Å². The fourth-order valence-corrected chi connectivity index (χ4v) is 8.09. The Morgan fingerprint density at radius 1 is 1.12 bits per heavy atom. The van der Waals surface area contributed by atoms with E-state index >= 15 is 0 Å². The lowest BCUT2D eigenvalue weighted by Crippen LogP contribution is -2.55. The van der Waals surface area contributed by atoms with Crippen LogP contribution in [0.3, 0.4) is 0 Å². The fraction of sp³-hybridized carbons (Fsp3) is 0.556. The van der Waals surface area contributed by atoms with Crippen molar-refractivity contribution >= 4 is 23.2 Å². The van der Waals surface area contributed by atoms with Crippen molar-refractivity contribution < 1.29 is 63.2 Å². The third kappa shape index (κ3) is 5.78. The average Bonchev–Trinajstić information content (AvgIpc) is 3.51. The minimum absolute atomic E-state index is 0.0329. The quantitative estimate of drug-likeness (QED) is 0.126. The van der Waals surface area contributed by atoms with Gasteiger partial charge in [0.2, 0.25) is 11.7 Å². The van der Waals surface area contributed by atoms with Gasteiger partial charge in [-0.25, -0.2) is 5.43 Å². The molecule has 0 unspecified atom stereocenters. The van der Waals surface area contributed by atoms with E-state index in [0.29, 0.717) is 13.2 Å². The Hall–Kier alpha value is -4.00. The number of nitrogens with one attached hydrogen (secondary N) is 1. The highest BCUT2D eigenvalue weighted by atomic mass is 16.7. The number of benzene rings is 2. The predicted octanol–water partition coefficient (Wildman–Crippen LogP) is 1.27. The first kappa shape index (κ1) is 36.4. The van der Waals surface area contributed by atoms with Crippen LogP contribution >= 0.6 is 0 Å². The molecule has 52 heavy (non-hydrogen) atoms. The van der Waals surface area contributed by atoms with Gasteiger partial charge < -0.3 is 48.8 Å². The highest BCUT2D eigenvalue weighted by Crippen LogP contribution is 2.53. The number of nitrogens with zero attached hydrogens (tertiary/aromatic N) is 2. The summed E-state index contributed by atoms with van der Waals surface area (Å²) >= 11 is 0. The summed E-state index contributed by atoms with van der Waals surface area (Å²) in [6, 6.07) is 4.28. The zero-order valence-corrected chi connectivity index (χ0v) is 29.5. The first-order valence-electron chi connectivity index (χ1n) is 17.3. The van der Waals surface area contributed by atoms with Gasteiger partial charge in [0, 0.05) is 61.6 Å². The van der Waals surface area contributed by atoms with E-state index in [-0.39, 0.29) is 58.7 Å². The van der Waals surface area contributed by atoms with Crippen molar-refractivity contribution in [2.45, 2.75) is 88.8 Å². The lowest BCUT2D eigenvalue weighted by Gasteiger charge is -2.44. The van der Waals surface area contributed by atoms with E-state index in [1.807, 2.05) is 6.92 Å². The minimum atomic E-state index is -2.07. The maximum absolute atomic E-state index is 14.1. The summed E-state index contributed by atoms with van der Waals surface area (Å²) in [7, 11) is 2.89. The van der Waals surface area contributed by atoms with E-state index < -0.39 is 95.7 Å². The Labute approximate surface area is 299 Å². The average molecular weight is 726 g/mol. The second-order valence-corrected chi connectivity index (χ2v) is 14.0. The van der Waals surface area contributed by atoms with Crippen molar-refractivity contribution in [3.8, 4) is 17.2 Å². The standard InChI is InChI=1S/C36H43N3O13/c1-15(2)33(45)38-37-22(14-40)36(46)12-18-25(31(44)27-26(29(18)42)28(41)17-7-6-8-20(47-4)24(17)30(27)43)21(13-36)51-23-11-19-32(16(3)50-23)52-34-35(48-5)49-10-9-39(19)34/h6-8,15-16,19,21,23,32,34-35,40,42,44,46H,9-14H2,1-5H3,(H,38,45)/b37-22+/t16-,19-,21-,23-,32+,34+,35-,36-/m0/s1. The number of ketones is 2. The Morgan fingerprint density at radius 2 is 1.87 bits per heavy atom. The third-order valence-electron chi connectivity index (χ3n) is 10.7. The van der Waals surface area contributed by atoms with Crippen molar-refractivity contribution in [3.05, 3.63) is 51.6 Å². The molecule has 3 fully saturated rings. The Bertz CT molecular complexity index is 1830. The molecule has 280 valence electrons. The summed E-state index contributed by atoms with van der Waals surface area (Å²) in [5.74, 6) is -3.55. The molecule has 0 spiro atoms. The highest BCUT2D eigenvalue weighted by molar-refractivity contribution is 6.31. The monoisotopic (exact) mass is 725 g/mol. The number of aromatic hydroxyl groups is 2. The molecular weight excluding hydrogens is 682 g/mol. The normalized spacial score (nSPS) is 31.4. The molecule has 8 atom stereocenters. The number of amides is 1. The predicted molar refractivity (Wildman–Crippen MR) is 179 cm³/mol. The summed E-state index contributed by atoms with van der Waals surface area (Å²) in [5.41, 5.74) is -1.07. The smallest absolute Gasteiger partial charge is 0.242 e. The molecule has 3 saturated heterocycles. The molecule has 0 radical (unpaired) electrons. The highest BCUT2D eigenvalue weighted by Gasteiger charge is 2.55. The molecule has 3 heterocycles. The summed E-state index contributed by atoms with van der Waals surface area (Å²) < 4.78 is 35.8. The third-order valence-corrected chi connectivity index (χ3v) is 10.7. The van der Waals surface area contributed by atoms with Gasteiger partial charge in [-0.2, -0.15) is 5.10 Å². The minimum Gasteiger partial charge on any atom is -0.507 e. The van der Waals surface area contributed by atoms with Crippen LogP contribution in [0.25, 0.3) is 0 Å². The molecule has 0 bridgehead atoms. The summed E-state index contributed by atoms with van der Waals surface area (Å²) in [4.78, 5) is 42.5. The van der Waals surface area contributed by atoms with Crippen molar-refractivity contribution in [2.24, 2.45) is 11.0 Å². The Balaban J connectivity index is 1.31. The summed E-state index contributed by atoms with van der Waals surface area (Å²) in [5, 5.41) is 50.5. The number of carbonyl (C=O) groups is 3. The van der Waals surface area contributed by atoms with Gasteiger partial charge in [-0.05, 0) is 13.0 Å². The number of phenolic OH excluding ortho intramolecular Hbond substituents is 2. The number of rotatable bonds is 8. The van der Waals surface area contributed by atoms with Gasteiger partial charge in [0.25, 0.3) is 0 Å². The Morgan fingerprint density at radius 3 is 2.56 bits per heavy atom. The van der Waals surface area contributed by atoms with Crippen molar-refractivity contribution in [1.82, 2.24) is 10.3 Å². The molecule has 16 nitrogen and oxygen atoms in total. The zero-order chi connectivity index (χ0) is 37.2. The molecule has 2 aromatic rings. The van der Waals surface area contributed by atoms with Gasteiger partial charge in [0.05, 0.1) is 54.9 Å². The molecule has 7 rings (SSSR count). The molecular formula is C36H43N3O13. The second kappa shape index (κ2) is 13.8. The number of methoxy groups -OCH3 is 2. The van der Waals surface area contributed by atoms with Gasteiger partial charge in [-0.1, -0.05) is 26.0 Å². The van der Waals surface area contributed by atoms with E-state index in [0.717, 1.165) is 0 Å². The molecule has 2 aliphatic carbocycles. The van der Waals surface area contributed by atoms with Crippen LogP contribution in [0.1, 0.15) is 82.7 Å². The van der Waals surface area contributed by atoms with Gasteiger partial charge in [-0.15, -0.1) is 0 Å². The van der Waals surface area contributed by atoms with Gasteiger partial charge in [-0.3, -0.25) is 19.3 Å². The number of hydrogen-bond acceptors (Lipinski definition) is 15. The van der Waals surface area contributed by atoms with Crippen molar-refractivity contribution in [2.75, 3.05) is 34.0 Å². The Kier molecular flexibility index (Phi) is 9.63. The summed E-state index contributed by atoms with van der Waals surface area (Å²) in [6.45, 7) is 5.32. The molecule has 2 aromatic carbocycles. The number of aliphatic hydroxyl groups is 2. The number of carbonyl (C=O) groups excluding carboxylic acids is 3. The van der Waals surface area contributed by atoms with E-state index in [1.165, 1.54) is 25.3 Å². The van der Waals surface area contributed by atoms with Crippen LogP contribution in [0.5, 0.6) is 17.2 Å². The molecule has 0 saturated carbocycles. The SMILES string of the molecule is COc1cccc2c1C(=O)c1c(O)c3c(c(O)c1C2=O)C[C@@](O)(/C(CO)=N/NC(=O)C(C)C)C[C@@H]3O[C@H]1C[C@H]2[C@H](O[C@@H]3[C@@H](OC)OCCN32)[C@H](C)O1. The number of ether oxygens (including phenoxy) is 6. The maximum atomic E-state index is 14.1. The summed E-state index contributed by atoms with van der Waals surface area (Å²) in [6.07, 6.45) is -4.67. The van der Waals surface area contributed by atoms with Crippen LogP contribution in [0.15, 0.2) is 23.3 Å². The molecule has 16 heteroatoms. The van der Waals surface area contributed by atoms with Gasteiger partial charge in [0.15, 0.2) is 24.6 Å². The zero-order valence-electron chi connectivity index (χ0n) is 29.5. The molecule has 0 aromatic heterocycles. The number of fused-ring (bicyclic) bond motifs is 6. The van der Waals surface area contributed by atoms with Gasteiger partial charge >= 0.3 is 0 Å². The van der Waals surface area contributed by atoms with Crippen LogP contribution in [0, 0.1) is 5.92 Å². The van der Waals surface area contributed by atoms with Crippen LogP contribution < -0.4 is 10.2 Å². The maximum Gasteiger partial charge on any atom is 0.242 e. The van der Waals surface area contributed by atoms with Crippen LogP contribution in [0.4, 0.5) is 0 Å². The molecule has 5 N–H and O–H groups in total. The van der Waals surface area contributed by atoms with Crippen LogP contribution in [0.2, 0.25) is 0 Å². The molecule has 3 aliphatic heterocycles. The number of phenols is 2. The van der Waals surface area contributed by atoms with E-state index in [1.54, 1.807) is 21.0 Å². The molecule has 1 amide bonds. The first-order valence-corrected chi connectivity index (χ1v) is 17.3. The number of hydrogen-bond donors (Lipinski definition) is 5. The largest absolute Gasteiger partial charge is 0.507 e. The second-order valence-electron chi connectivity index (χ2n) is 14.0. The fourth-order valence-electron chi connectivity index (χ4n) is 8.09.